The maximum absolute atomic E-state index is 12.0. The number of hydrogen-bond acceptors (Lipinski definition) is 1. The second-order valence-corrected chi connectivity index (χ2v) is 10.3. The molecule has 0 bridgehead atoms. The first-order valence-corrected chi connectivity index (χ1v) is 14.2. The van der Waals surface area contributed by atoms with Gasteiger partial charge in [0.25, 0.3) is 0 Å². The summed E-state index contributed by atoms with van der Waals surface area (Å²) in [7, 11) is 0. The molecule has 0 aliphatic rings. The third-order valence-corrected chi connectivity index (χ3v) is 6.38. The molecule has 1 amide bonds. The van der Waals surface area contributed by atoms with Gasteiger partial charge in [-0.15, -0.1) is 0 Å². The van der Waals surface area contributed by atoms with E-state index in [-0.39, 0.29) is 5.91 Å². The maximum Gasteiger partial charge on any atom is 0.220 e. The first-order valence-electron chi connectivity index (χ1n) is 14.2. The highest BCUT2D eigenvalue weighted by Crippen LogP contribution is 2.13. The van der Waals surface area contributed by atoms with Crippen LogP contribution in [0.2, 0.25) is 0 Å². The number of carbonyl (C=O) groups excluding carboxylic acids is 1. The summed E-state index contributed by atoms with van der Waals surface area (Å²) in [4.78, 5) is 12.0. The Morgan fingerprint density at radius 1 is 0.576 bits per heavy atom. The molecule has 0 unspecified atom stereocenters. The molecule has 1 N–H and O–H groups in total. The third-order valence-electron chi connectivity index (χ3n) is 6.38. The van der Waals surface area contributed by atoms with Crippen molar-refractivity contribution in [3.8, 4) is 0 Å². The van der Waals surface area contributed by atoms with E-state index in [1.165, 1.54) is 93.8 Å². The van der Waals surface area contributed by atoms with Crippen LogP contribution in [0.4, 0.5) is 0 Å². The molecule has 0 spiro atoms. The van der Waals surface area contributed by atoms with Crippen LogP contribution in [-0.4, -0.2) is 12.5 Å². The van der Waals surface area contributed by atoms with Gasteiger partial charge < -0.3 is 5.32 Å². The number of hydrogen-bond donors (Lipinski definition) is 1. The summed E-state index contributed by atoms with van der Waals surface area (Å²) in [5, 5.41) is 3.06. The van der Waals surface area contributed by atoms with Crippen molar-refractivity contribution in [2.75, 3.05) is 6.54 Å². The van der Waals surface area contributed by atoms with Crippen molar-refractivity contribution >= 4 is 5.91 Å². The average molecular weight is 460 g/mol. The number of amides is 1. The van der Waals surface area contributed by atoms with Gasteiger partial charge in [0.1, 0.15) is 0 Å². The van der Waals surface area contributed by atoms with E-state index in [2.05, 4.69) is 58.2 Å². The van der Waals surface area contributed by atoms with Crippen LogP contribution in [0, 0.1) is 0 Å². The Labute approximate surface area is 207 Å². The first-order chi connectivity index (χ1) is 16.0. The number of nitrogens with one attached hydrogen (secondary N) is 1. The molecule has 2 nitrogen and oxygen atoms in total. The molecule has 0 saturated heterocycles. The highest BCUT2D eigenvalue weighted by molar-refractivity contribution is 5.75. The summed E-state index contributed by atoms with van der Waals surface area (Å²) in [6.45, 7) is 11.7. The molecule has 0 radical (unpaired) electrons. The van der Waals surface area contributed by atoms with Crippen LogP contribution < -0.4 is 5.32 Å². The molecule has 33 heavy (non-hydrogen) atoms. The zero-order chi connectivity index (χ0) is 24.6. The van der Waals surface area contributed by atoms with Crippen LogP contribution in [0.25, 0.3) is 0 Å². The minimum absolute atomic E-state index is 0.206. The van der Waals surface area contributed by atoms with Crippen molar-refractivity contribution in [3.63, 3.8) is 0 Å². The van der Waals surface area contributed by atoms with Crippen molar-refractivity contribution < 1.29 is 4.79 Å². The van der Waals surface area contributed by atoms with Gasteiger partial charge in [-0.3, -0.25) is 4.79 Å². The van der Waals surface area contributed by atoms with E-state index >= 15 is 0 Å². The molecule has 192 valence electrons. The Hall–Kier alpha value is -1.31. The van der Waals surface area contributed by atoms with Gasteiger partial charge in [-0.1, -0.05) is 119 Å². The molecule has 0 rings (SSSR count). The summed E-state index contributed by atoms with van der Waals surface area (Å²) < 4.78 is 0. The lowest BCUT2D eigenvalue weighted by Crippen LogP contribution is -2.23. The van der Waals surface area contributed by atoms with Crippen LogP contribution in [0.1, 0.15) is 150 Å². The molecule has 0 aromatic heterocycles. The molecule has 0 fully saturated rings. The third kappa shape index (κ3) is 25.2. The van der Waals surface area contributed by atoms with E-state index in [0.717, 1.165) is 32.1 Å². The predicted molar refractivity (Wildman–Crippen MR) is 149 cm³/mol. The summed E-state index contributed by atoms with van der Waals surface area (Å²) in [5.41, 5.74) is 4.24. The Morgan fingerprint density at radius 2 is 1.03 bits per heavy atom. The van der Waals surface area contributed by atoms with Gasteiger partial charge in [-0.05, 0) is 59.8 Å². The van der Waals surface area contributed by atoms with E-state index in [9.17, 15) is 4.79 Å². The molecule has 0 saturated carbocycles. The van der Waals surface area contributed by atoms with Gasteiger partial charge in [0.05, 0.1) is 0 Å². The van der Waals surface area contributed by atoms with Crippen molar-refractivity contribution in [2.45, 2.75) is 150 Å². The van der Waals surface area contributed by atoms with Crippen LogP contribution in [-0.2, 0) is 4.79 Å². The largest absolute Gasteiger partial charge is 0.353 e. The molecule has 0 heterocycles. The Kier molecular flexibility index (Phi) is 22.9. The lowest BCUT2D eigenvalue weighted by molar-refractivity contribution is -0.121. The van der Waals surface area contributed by atoms with Gasteiger partial charge >= 0.3 is 0 Å². The number of allylic oxidation sites excluding steroid dienone is 5. The van der Waals surface area contributed by atoms with Gasteiger partial charge in [-0.25, -0.2) is 0 Å². The summed E-state index contributed by atoms with van der Waals surface area (Å²) >= 11 is 0. The number of unbranched alkanes of at least 4 members (excludes halogenated alkanes) is 12. The fourth-order valence-corrected chi connectivity index (χ4v) is 4.07. The second-order valence-electron chi connectivity index (χ2n) is 10.3. The predicted octanol–water partition coefficient (Wildman–Crippen LogP) is 10.0. The molecular weight excluding hydrogens is 402 g/mol. The van der Waals surface area contributed by atoms with Crippen LogP contribution >= 0.6 is 0 Å². The quantitative estimate of drug-likeness (QED) is 0.127. The standard InChI is InChI=1S/C31H57NO/c1-6-7-8-9-10-11-12-13-14-15-16-17-18-25-31(33)32-27-26-30(5)24-20-23-29(4)22-19-21-28(2)3/h21,23,26H,6-20,22,24-25,27H2,1-5H3,(H,32,33). The van der Waals surface area contributed by atoms with E-state index in [4.69, 9.17) is 0 Å². The fraction of sp³-hybridized carbons (Fsp3) is 0.774. The van der Waals surface area contributed by atoms with Crippen molar-refractivity contribution in [3.05, 3.63) is 34.9 Å². The fourth-order valence-electron chi connectivity index (χ4n) is 4.07. The highest BCUT2D eigenvalue weighted by Gasteiger charge is 2.00. The van der Waals surface area contributed by atoms with E-state index in [1.807, 2.05) is 0 Å². The van der Waals surface area contributed by atoms with Crippen molar-refractivity contribution in [2.24, 2.45) is 0 Å². The number of rotatable bonds is 22. The highest BCUT2D eigenvalue weighted by atomic mass is 16.1. The molecule has 0 aromatic carbocycles. The Bertz CT molecular complexity index is 551. The van der Waals surface area contributed by atoms with Crippen molar-refractivity contribution in [1.29, 1.82) is 0 Å². The number of carbonyl (C=O) groups is 1. The van der Waals surface area contributed by atoms with Crippen LogP contribution in [0.3, 0.4) is 0 Å². The zero-order valence-corrected chi connectivity index (χ0v) is 23.1. The first kappa shape index (κ1) is 31.7. The van der Waals surface area contributed by atoms with Gasteiger partial charge in [0, 0.05) is 13.0 Å². The molecule has 2 heteroatoms. The van der Waals surface area contributed by atoms with Crippen LogP contribution in [0.5, 0.6) is 0 Å². The molecule has 0 aliphatic carbocycles. The molecule has 0 aromatic rings. The van der Waals surface area contributed by atoms with Crippen molar-refractivity contribution in [1.82, 2.24) is 5.32 Å². The topological polar surface area (TPSA) is 29.1 Å². The lowest BCUT2D eigenvalue weighted by Gasteiger charge is -2.05. The molecule has 0 aliphatic heterocycles. The normalized spacial score (nSPS) is 12.2. The second kappa shape index (κ2) is 23.8. The van der Waals surface area contributed by atoms with Gasteiger partial charge in [-0.2, -0.15) is 0 Å². The average Bonchev–Trinajstić information content (AvgIpc) is 2.76. The van der Waals surface area contributed by atoms with Gasteiger partial charge in [0.15, 0.2) is 0 Å². The monoisotopic (exact) mass is 459 g/mol. The lowest BCUT2D eigenvalue weighted by atomic mass is 10.0. The minimum atomic E-state index is 0.206. The molecule has 0 atom stereocenters. The SMILES string of the molecule is CCCCCCCCCCCCCCCC(=O)NCC=C(C)CCC=C(C)CCC=C(C)C. The Morgan fingerprint density at radius 3 is 1.55 bits per heavy atom. The van der Waals surface area contributed by atoms with E-state index in [1.54, 1.807) is 0 Å². The maximum atomic E-state index is 12.0. The summed E-state index contributed by atoms with van der Waals surface area (Å²) in [6.07, 6.45) is 29.5. The van der Waals surface area contributed by atoms with E-state index in [0.29, 0.717) is 13.0 Å². The molecular formula is C31H57NO. The summed E-state index contributed by atoms with van der Waals surface area (Å²) in [5.74, 6) is 0.206. The Balaban J connectivity index is 3.56. The smallest absolute Gasteiger partial charge is 0.220 e. The zero-order valence-electron chi connectivity index (χ0n) is 23.1. The summed E-state index contributed by atoms with van der Waals surface area (Å²) in [6, 6.07) is 0. The minimum Gasteiger partial charge on any atom is -0.353 e. The van der Waals surface area contributed by atoms with E-state index < -0.39 is 0 Å². The van der Waals surface area contributed by atoms with Crippen LogP contribution in [0.15, 0.2) is 34.9 Å². The van der Waals surface area contributed by atoms with Gasteiger partial charge in [0.2, 0.25) is 5.91 Å².